The summed E-state index contributed by atoms with van der Waals surface area (Å²) in [5.41, 5.74) is 1.50. The van der Waals surface area contributed by atoms with Gasteiger partial charge in [0.1, 0.15) is 17.2 Å². The molecular formula is C20H23ClN2O4. The average molecular weight is 391 g/mol. The van der Waals surface area contributed by atoms with Gasteiger partial charge in [-0.25, -0.2) is 0 Å². The predicted octanol–water partition coefficient (Wildman–Crippen LogP) is 3.33. The maximum absolute atomic E-state index is 12.9. The molecule has 3 rings (SSSR count). The lowest BCUT2D eigenvalue weighted by Gasteiger charge is -2.36. The van der Waals surface area contributed by atoms with E-state index in [1.165, 1.54) is 0 Å². The second kappa shape index (κ2) is 8.39. The smallest absolute Gasteiger partial charge is 0.254 e. The Labute approximate surface area is 164 Å². The summed E-state index contributed by atoms with van der Waals surface area (Å²) in [5.74, 6) is 1.93. The number of carbonyl (C=O) groups excluding carboxylic acids is 1. The number of hydrogen-bond donors (Lipinski definition) is 0. The summed E-state index contributed by atoms with van der Waals surface area (Å²) in [4.78, 5) is 16.9. The van der Waals surface area contributed by atoms with Crippen molar-refractivity contribution in [3.8, 4) is 17.2 Å². The number of nitrogens with zero attached hydrogens (tertiary/aromatic N) is 2. The first-order chi connectivity index (χ1) is 13.0. The maximum Gasteiger partial charge on any atom is 0.254 e. The molecule has 1 aliphatic rings. The van der Waals surface area contributed by atoms with Crippen LogP contribution in [0.1, 0.15) is 10.4 Å². The third kappa shape index (κ3) is 4.22. The van der Waals surface area contributed by atoms with E-state index in [1.54, 1.807) is 45.6 Å². The van der Waals surface area contributed by atoms with E-state index in [0.717, 1.165) is 11.4 Å². The van der Waals surface area contributed by atoms with Crippen LogP contribution in [0.2, 0.25) is 5.02 Å². The lowest BCUT2D eigenvalue weighted by molar-refractivity contribution is 0.0746. The Morgan fingerprint density at radius 2 is 1.52 bits per heavy atom. The number of benzene rings is 2. The maximum atomic E-state index is 12.9. The quantitative estimate of drug-likeness (QED) is 0.783. The number of halogens is 1. The molecule has 0 atom stereocenters. The van der Waals surface area contributed by atoms with Gasteiger partial charge in [0.2, 0.25) is 0 Å². The zero-order valence-electron chi connectivity index (χ0n) is 15.7. The Morgan fingerprint density at radius 3 is 2.07 bits per heavy atom. The van der Waals surface area contributed by atoms with E-state index in [9.17, 15) is 4.79 Å². The normalized spacial score (nSPS) is 14.1. The van der Waals surface area contributed by atoms with Crippen LogP contribution in [-0.2, 0) is 0 Å². The first-order valence-electron chi connectivity index (χ1n) is 8.66. The van der Waals surface area contributed by atoms with Gasteiger partial charge in [-0.05, 0) is 30.3 Å². The number of carbonyl (C=O) groups is 1. The second-order valence-corrected chi connectivity index (χ2v) is 6.63. The van der Waals surface area contributed by atoms with E-state index < -0.39 is 0 Å². The van der Waals surface area contributed by atoms with Gasteiger partial charge in [-0.15, -0.1) is 0 Å². The Kier molecular flexibility index (Phi) is 5.96. The fourth-order valence-corrected chi connectivity index (χ4v) is 3.34. The van der Waals surface area contributed by atoms with Crippen molar-refractivity contribution >= 4 is 23.2 Å². The molecular weight excluding hydrogens is 368 g/mol. The van der Waals surface area contributed by atoms with Crippen molar-refractivity contribution in [3.63, 3.8) is 0 Å². The van der Waals surface area contributed by atoms with Crippen LogP contribution in [-0.4, -0.2) is 58.3 Å². The van der Waals surface area contributed by atoms with Gasteiger partial charge in [0.25, 0.3) is 5.91 Å². The molecule has 0 spiro atoms. The number of rotatable bonds is 5. The lowest BCUT2D eigenvalue weighted by Crippen LogP contribution is -2.48. The Bertz CT molecular complexity index is 797. The molecule has 7 heteroatoms. The van der Waals surface area contributed by atoms with E-state index in [1.807, 2.05) is 17.0 Å². The molecule has 0 radical (unpaired) electrons. The fourth-order valence-electron chi connectivity index (χ4n) is 3.17. The van der Waals surface area contributed by atoms with Crippen molar-refractivity contribution in [2.45, 2.75) is 0 Å². The summed E-state index contributed by atoms with van der Waals surface area (Å²) in [6, 6.07) is 10.8. The molecule has 27 heavy (non-hydrogen) atoms. The molecule has 0 aliphatic carbocycles. The summed E-state index contributed by atoms with van der Waals surface area (Å²) in [5, 5.41) is 0.660. The third-order valence-corrected chi connectivity index (χ3v) is 4.88. The highest BCUT2D eigenvalue weighted by Gasteiger charge is 2.24. The van der Waals surface area contributed by atoms with Crippen LogP contribution in [0.4, 0.5) is 5.69 Å². The van der Waals surface area contributed by atoms with Crippen molar-refractivity contribution in [3.05, 3.63) is 47.0 Å². The molecule has 0 saturated carbocycles. The minimum absolute atomic E-state index is 0.0371. The fraction of sp³-hybridized carbons (Fsp3) is 0.350. The van der Waals surface area contributed by atoms with E-state index in [-0.39, 0.29) is 5.91 Å². The number of anilines is 1. The van der Waals surface area contributed by atoms with Crippen LogP contribution >= 0.6 is 11.6 Å². The summed E-state index contributed by atoms with van der Waals surface area (Å²) < 4.78 is 16.0. The number of methoxy groups -OCH3 is 3. The monoisotopic (exact) mass is 390 g/mol. The van der Waals surface area contributed by atoms with Crippen LogP contribution in [0.3, 0.4) is 0 Å². The molecule has 1 saturated heterocycles. The van der Waals surface area contributed by atoms with Crippen LogP contribution in [0.15, 0.2) is 36.4 Å². The van der Waals surface area contributed by atoms with Crippen LogP contribution < -0.4 is 19.1 Å². The molecule has 6 nitrogen and oxygen atoms in total. The minimum atomic E-state index is -0.0371. The zero-order valence-corrected chi connectivity index (χ0v) is 16.5. The van der Waals surface area contributed by atoms with Gasteiger partial charge in [-0.2, -0.15) is 0 Å². The van der Waals surface area contributed by atoms with E-state index in [0.29, 0.717) is 48.3 Å². The van der Waals surface area contributed by atoms with E-state index in [4.69, 9.17) is 25.8 Å². The highest BCUT2D eigenvalue weighted by atomic mass is 35.5. The molecule has 1 aliphatic heterocycles. The first kappa shape index (κ1) is 19.2. The van der Waals surface area contributed by atoms with Crippen molar-refractivity contribution in [1.82, 2.24) is 4.90 Å². The second-order valence-electron chi connectivity index (χ2n) is 6.20. The first-order valence-corrected chi connectivity index (χ1v) is 9.04. The van der Waals surface area contributed by atoms with Crippen molar-refractivity contribution in [2.75, 3.05) is 52.4 Å². The topological polar surface area (TPSA) is 51.2 Å². The molecule has 0 aromatic heterocycles. The van der Waals surface area contributed by atoms with Gasteiger partial charge in [-0.1, -0.05) is 11.6 Å². The van der Waals surface area contributed by atoms with Gasteiger partial charge >= 0.3 is 0 Å². The lowest BCUT2D eigenvalue weighted by atomic mass is 10.1. The van der Waals surface area contributed by atoms with Crippen molar-refractivity contribution in [1.29, 1.82) is 0 Å². The number of hydrogen-bond acceptors (Lipinski definition) is 5. The highest BCUT2D eigenvalue weighted by molar-refractivity contribution is 6.30. The molecule has 144 valence electrons. The Hall–Kier alpha value is -2.60. The van der Waals surface area contributed by atoms with Crippen molar-refractivity contribution < 1.29 is 19.0 Å². The molecule has 0 N–H and O–H groups in total. The average Bonchev–Trinajstić information content (AvgIpc) is 2.72. The van der Waals surface area contributed by atoms with Gasteiger partial charge < -0.3 is 24.0 Å². The van der Waals surface area contributed by atoms with Gasteiger partial charge in [0.05, 0.1) is 27.0 Å². The third-order valence-electron chi connectivity index (χ3n) is 4.65. The summed E-state index contributed by atoms with van der Waals surface area (Å²) >= 11 is 6.14. The van der Waals surface area contributed by atoms with Gasteiger partial charge in [0.15, 0.2) is 0 Å². The Morgan fingerprint density at radius 1 is 0.889 bits per heavy atom. The molecule has 0 unspecified atom stereocenters. The number of piperazine rings is 1. The van der Waals surface area contributed by atoms with Crippen LogP contribution in [0.5, 0.6) is 17.2 Å². The molecule has 2 aromatic rings. The predicted molar refractivity (Wildman–Crippen MR) is 106 cm³/mol. The van der Waals surface area contributed by atoms with E-state index in [2.05, 4.69) is 4.90 Å². The summed E-state index contributed by atoms with van der Waals surface area (Å²) in [7, 11) is 4.78. The largest absolute Gasteiger partial charge is 0.497 e. The number of amides is 1. The number of ether oxygens (including phenoxy) is 3. The molecule has 1 amide bonds. The molecule has 2 aromatic carbocycles. The molecule has 1 heterocycles. The van der Waals surface area contributed by atoms with Crippen LogP contribution in [0.25, 0.3) is 0 Å². The highest BCUT2D eigenvalue weighted by Crippen LogP contribution is 2.32. The Balaban J connectivity index is 1.72. The SMILES string of the molecule is COc1cc(OC)cc(C(=O)N2CCN(c3cc(Cl)ccc3OC)CC2)c1. The minimum Gasteiger partial charge on any atom is -0.497 e. The van der Waals surface area contributed by atoms with E-state index >= 15 is 0 Å². The van der Waals surface area contributed by atoms with Crippen LogP contribution in [0, 0.1) is 0 Å². The molecule has 0 bridgehead atoms. The summed E-state index contributed by atoms with van der Waals surface area (Å²) in [6.07, 6.45) is 0. The van der Waals surface area contributed by atoms with Gasteiger partial charge in [-0.3, -0.25) is 4.79 Å². The summed E-state index contributed by atoms with van der Waals surface area (Å²) in [6.45, 7) is 2.61. The standard InChI is InChI=1S/C20H23ClN2O4/c1-25-16-10-14(11-17(13-16)26-2)20(24)23-8-6-22(7-9-23)18-12-15(21)4-5-19(18)27-3/h4-5,10-13H,6-9H2,1-3H3. The molecule has 1 fully saturated rings. The zero-order chi connectivity index (χ0) is 19.4. The van der Waals surface area contributed by atoms with Gasteiger partial charge in [0, 0.05) is 42.8 Å². The van der Waals surface area contributed by atoms with Crippen molar-refractivity contribution in [2.24, 2.45) is 0 Å².